The summed E-state index contributed by atoms with van der Waals surface area (Å²) in [5.41, 5.74) is 0.0225. The SMILES string of the molecule is CNCc1cc(F)c(OC(C)C(=O)NC(C)(C)C)c(F)c1. The minimum atomic E-state index is -0.997. The van der Waals surface area contributed by atoms with Gasteiger partial charge in [-0.3, -0.25) is 4.79 Å². The van der Waals surface area contributed by atoms with Gasteiger partial charge in [0.15, 0.2) is 23.5 Å². The highest BCUT2D eigenvalue weighted by Crippen LogP contribution is 2.24. The summed E-state index contributed by atoms with van der Waals surface area (Å²) in [6.07, 6.45) is -0.997. The van der Waals surface area contributed by atoms with Crippen LogP contribution in [0.1, 0.15) is 33.3 Å². The third kappa shape index (κ3) is 5.30. The Balaban J connectivity index is 2.85. The highest BCUT2D eigenvalue weighted by Gasteiger charge is 2.23. The van der Waals surface area contributed by atoms with Gasteiger partial charge in [-0.05, 0) is 52.4 Å². The van der Waals surface area contributed by atoms with Gasteiger partial charge in [-0.25, -0.2) is 8.78 Å². The predicted octanol–water partition coefficient (Wildman–Crippen LogP) is 2.37. The second kappa shape index (κ2) is 6.85. The number of hydrogen-bond donors (Lipinski definition) is 2. The van der Waals surface area contributed by atoms with Gasteiger partial charge in [0.25, 0.3) is 5.91 Å². The summed E-state index contributed by atoms with van der Waals surface area (Å²) in [6, 6.07) is 2.37. The molecule has 0 radical (unpaired) electrons. The number of carbonyl (C=O) groups excluding carboxylic acids is 1. The Bertz CT molecular complexity index is 490. The van der Waals surface area contributed by atoms with Crippen LogP contribution in [-0.2, 0) is 11.3 Å². The van der Waals surface area contributed by atoms with Crippen molar-refractivity contribution in [2.75, 3.05) is 7.05 Å². The quantitative estimate of drug-likeness (QED) is 0.878. The summed E-state index contributed by atoms with van der Waals surface area (Å²) in [5.74, 6) is -2.61. The molecule has 1 unspecified atom stereocenters. The van der Waals surface area contributed by atoms with Crippen molar-refractivity contribution in [3.05, 3.63) is 29.3 Å². The smallest absolute Gasteiger partial charge is 0.261 e. The molecule has 0 aliphatic heterocycles. The molecule has 118 valence electrons. The van der Waals surface area contributed by atoms with E-state index in [0.29, 0.717) is 12.1 Å². The zero-order valence-corrected chi connectivity index (χ0v) is 13.0. The highest BCUT2D eigenvalue weighted by atomic mass is 19.1. The lowest BCUT2D eigenvalue weighted by Gasteiger charge is -2.24. The van der Waals surface area contributed by atoms with Gasteiger partial charge in [-0.15, -0.1) is 0 Å². The van der Waals surface area contributed by atoms with Crippen molar-refractivity contribution >= 4 is 5.91 Å². The molecule has 1 amide bonds. The third-order valence-electron chi connectivity index (χ3n) is 2.60. The molecule has 2 N–H and O–H groups in total. The zero-order chi connectivity index (χ0) is 16.2. The van der Waals surface area contributed by atoms with E-state index in [0.717, 1.165) is 0 Å². The van der Waals surface area contributed by atoms with Crippen molar-refractivity contribution < 1.29 is 18.3 Å². The molecule has 4 nitrogen and oxygen atoms in total. The summed E-state index contributed by atoms with van der Waals surface area (Å²) < 4.78 is 32.9. The second-order valence-corrected chi connectivity index (χ2v) is 5.92. The normalized spacial score (nSPS) is 12.9. The Hall–Kier alpha value is -1.69. The van der Waals surface area contributed by atoms with E-state index >= 15 is 0 Å². The molecule has 0 bridgehead atoms. The van der Waals surface area contributed by atoms with Crippen LogP contribution in [-0.4, -0.2) is 24.6 Å². The summed E-state index contributed by atoms with van der Waals surface area (Å²) >= 11 is 0. The van der Waals surface area contributed by atoms with Crippen molar-refractivity contribution in [1.82, 2.24) is 10.6 Å². The van der Waals surface area contributed by atoms with Crippen molar-refractivity contribution in [3.63, 3.8) is 0 Å². The van der Waals surface area contributed by atoms with E-state index in [1.54, 1.807) is 7.05 Å². The molecule has 1 aromatic rings. The molecule has 6 heteroatoms. The van der Waals surface area contributed by atoms with Crippen LogP contribution >= 0.6 is 0 Å². The van der Waals surface area contributed by atoms with E-state index in [9.17, 15) is 13.6 Å². The Morgan fingerprint density at radius 1 is 1.29 bits per heavy atom. The molecular formula is C15H22F2N2O2. The molecule has 1 atom stereocenters. The fourth-order valence-electron chi connectivity index (χ4n) is 1.73. The first-order valence-electron chi connectivity index (χ1n) is 6.75. The highest BCUT2D eigenvalue weighted by molar-refractivity contribution is 5.81. The summed E-state index contributed by atoms with van der Waals surface area (Å²) in [7, 11) is 1.68. The first-order valence-corrected chi connectivity index (χ1v) is 6.75. The van der Waals surface area contributed by atoms with Crippen LogP contribution in [0.15, 0.2) is 12.1 Å². The van der Waals surface area contributed by atoms with Gasteiger partial charge in [0.05, 0.1) is 0 Å². The number of halogens is 2. The maximum absolute atomic E-state index is 13.9. The number of rotatable bonds is 5. The van der Waals surface area contributed by atoms with Crippen molar-refractivity contribution in [2.24, 2.45) is 0 Å². The standard InChI is InChI=1S/C15H22F2N2O2/c1-9(14(20)19-15(2,3)4)21-13-11(16)6-10(8-18-5)7-12(13)17/h6-7,9,18H,8H2,1-5H3,(H,19,20). The fraction of sp³-hybridized carbons (Fsp3) is 0.533. The van der Waals surface area contributed by atoms with E-state index < -0.39 is 34.9 Å². The number of benzene rings is 1. The fourth-order valence-corrected chi connectivity index (χ4v) is 1.73. The average molecular weight is 300 g/mol. The minimum absolute atomic E-state index is 0.341. The molecule has 0 spiro atoms. The lowest BCUT2D eigenvalue weighted by Crippen LogP contribution is -2.46. The van der Waals surface area contributed by atoms with Crippen LogP contribution in [0.5, 0.6) is 5.75 Å². The lowest BCUT2D eigenvalue weighted by molar-refractivity contribution is -0.128. The Labute approximate surface area is 123 Å². The number of ether oxygens (including phenoxy) is 1. The van der Waals surface area contributed by atoms with E-state index in [1.807, 2.05) is 20.8 Å². The summed E-state index contributed by atoms with van der Waals surface area (Å²) in [5, 5.41) is 5.50. The molecule has 0 aromatic heterocycles. The van der Waals surface area contributed by atoms with Gasteiger partial charge in [0.2, 0.25) is 0 Å². The Morgan fingerprint density at radius 2 is 1.81 bits per heavy atom. The Kier molecular flexibility index (Phi) is 5.66. The van der Waals surface area contributed by atoms with E-state index in [2.05, 4.69) is 10.6 Å². The van der Waals surface area contributed by atoms with Crippen LogP contribution in [0.3, 0.4) is 0 Å². The topological polar surface area (TPSA) is 50.4 Å². The summed E-state index contributed by atoms with van der Waals surface area (Å²) in [4.78, 5) is 11.9. The first kappa shape index (κ1) is 17.4. The number of nitrogens with one attached hydrogen (secondary N) is 2. The minimum Gasteiger partial charge on any atom is -0.475 e. The van der Waals surface area contributed by atoms with Gasteiger partial charge in [0, 0.05) is 12.1 Å². The number of carbonyl (C=O) groups is 1. The maximum atomic E-state index is 13.9. The zero-order valence-electron chi connectivity index (χ0n) is 13.0. The van der Waals surface area contributed by atoms with Crippen molar-refractivity contribution in [1.29, 1.82) is 0 Å². The average Bonchev–Trinajstić information content (AvgIpc) is 2.31. The molecule has 21 heavy (non-hydrogen) atoms. The lowest BCUT2D eigenvalue weighted by atomic mass is 10.1. The number of hydrogen-bond acceptors (Lipinski definition) is 3. The van der Waals surface area contributed by atoms with Gasteiger partial charge in [-0.2, -0.15) is 0 Å². The summed E-state index contributed by atoms with van der Waals surface area (Å²) in [6.45, 7) is 7.22. The van der Waals surface area contributed by atoms with Crippen LogP contribution in [0.25, 0.3) is 0 Å². The van der Waals surface area contributed by atoms with Gasteiger partial charge in [-0.1, -0.05) is 0 Å². The molecule has 1 rings (SSSR count). The number of amides is 1. The molecule has 0 saturated heterocycles. The van der Waals surface area contributed by atoms with Crippen LogP contribution in [0.4, 0.5) is 8.78 Å². The molecule has 1 aromatic carbocycles. The molecular weight excluding hydrogens is 278 g/mol. The van der Waals surface area contributed by atoms with E-state index in [4.69, 9.17) is 4.74 Å². The van der Waals surface area contributed by atoms with Crippen LogP contribution in [0.2, 0.25) is 0 Å². The van der Waals surface area contributed by atoms with Gasteiger partial charge >= 0.3 is 0 Å². The van der Waals surface area contributed by atoms with Crippen molar-refractivity contribution in [2.45, 2.75) is 45.9 Å². The predicted molar refractivity (Wildman–Crippen MR) is 77.1 cm³/mol. The Morgan fingerprint density at radius 3 is 2.24 bits per heavy atom. The van der Waals surface area contributed by atoms with E-state index in [1.165, 1.54) is 19.1 Å². The van der Waals surface area contributed by atoms with Gasteiger partial charge in [0.1, 0.15) is 0 Å². The molecule has 0 aliphatic rings. The first-order chi connectivity index (χ1) is 9.64. The van der Waals surface area contributed by atoms with Crippen LogP contribution < -0.4 is 15.4 Å². The van der Waals surface area contributed by atoms with Gasteiger partial charge < -0.3 is 15.4 Å². The maximum Gasteiger partial charge on any atom is 0.261 e. The molecule has 0 aliphatic carbocycles. The third-order valence-corrected chi connectivity index (χ3v) is 2.60. The monoisotopic (exact) mass is 300 g/mol. The largest absolute Gasteiger partial charge is 0.475 e. The molecule has 0 saturated carbocycles. The molecule has 0 fully saturated rings. The van der Waals surface area contributed by atoms with E-state index in [-0.39, 0.29) is 0 Å². The van der Waals surface area contributed by atoms with Crippen LogP contribution in [0, 0.1) is 11.6 Å². The molecule has 0 heterocycles. The van der Waals surface area contributed by atoms with Crippen molar-refractivity contribution in [3.8, 4) is 5.75 Å². The second-order valence-electron chi connectivity index (χ2n) is 5.92.